The van der Waals surface area contributed by atoms with Gasteiger partial charge >= 0.3 is 0 Å². The fraction of sp³-hybridized carbons (Fsp3) is 0.0435. The third-order valence-electron chi connectivity index (χ3n) is 4.65. The van der Waals surface area contributed by atoms with Gasteiger partial charge in [0.05, 0.1) is 4.48 Å². The molecule has 0 saturated carbocycles. The number of halogens is 1. The maximum Gasteiger partial charge on any atom is 0.256 e. The number of ketones is 2. The lowest BCUT2D eigenvalue weighted by Crippen LogP contribution is -2.28. The Morgan fingerprint density at radius 3 is 2.20 bits per heavy atom. The van der Waals surface area contributed by atoms with Crippen LogP contribution in [0.4, 0.5) is 5.82 Å². The number of rotatable bonds is 5. The van der Waals surface area contributed by atoms with Gasteiger partial charge in [-0.1, -0.05) is 42.5 Å². The Labute approximate surface area is 181 Å². The number of carbonyl (C=O) groups excluding carboxylic acids is 3. The molecule has 2 aromatic carbocycles. The van der Waals surface area contributed by atoms with Crippen molar-refractivity contribution in [1.29, 1.82) is 0 Å². The summed E-state index contributed by atoms with van der Waals surface area (Å²) in [6.07, 6.45) is 1.60. The number of anilines is 1. The van der Waals surface area contributed by atoms with Gasteiger partial charge in [-0.15, -0.1) is 0 Å². The molecule has 0 radical (unpaired) electrons. The van der Waals surface area contributed by atoms with Gasteiger partial charge in [0.25, 0.3) is 5.91 Å². The Morgan fingerprint density at radius 1 is 0.867 bits per heavy atom. The second-order valence-corrected chi connectivity index (χ2v) is 7.41. The Bertz CT molecular complexity index is 1170. The van der Waals surface area contributed by atoms with E-state index in [2.05, 4.69) is 31.5 Å². The predicted octanol–water partition coefficient (Wildman–Crippen LogP) is 4.11. The highest BCUT2D eigenvalue weighted by atomic mass is 79.9. The number of Topliss-reactive ketones (excluding diaryl/α,β-unsaturated/α-hetero) is 2. The fourth-order valence-corrected chi connectivity index (χ4v) is 3.63. The first-order valence-electron chi connectivity index (χ1n) is 9.18. The van der Waals surface area contributed by atoms with Crippen LogP contribution in [0.3, 0.4) is 0 Å². The van der Waals surface area contributed by atoms with Gasteiger partial charge in [0.2, 0.25) is 11.6 Å². The molecule has 148 valence electrons. The van der Waals surface area contributed by atoms with Crippen molar-refractivity contribution in [3.63, 3.8) is 0 Å². The van der Waals surface area contributed by atoms with Crippen LogP contribution in [-0.2, 0) is 6.54 Å². The van der Waals surface area contributed by atoms with Crippen molar-refractivity contribution in [2.24, 2.45) is 0 Å². The third-order valence-corrected chi connectivity index (χ3v) is 5.41. The molecule has 0 unspecified atom stereocenters. The number of hydrogen-bond acceptors (Lipinski definition) is 5. The molecule has 0 spiro atoms. The van der Waals surface area contributed by atoms with Crippen molar-refractivity contribution in [2.75, 3.05) is 5.32 Å². The minimum atomic E-state index is -0.261. The number of fused-ring (bicyclic) bond motifs is 1. The van der Waals surface area contributed by atoms with Crippen LogP contribution in [0, 0.1) is 0 Å². The lowest BCUT2D eigenvalue weighted by Gasteiger charge is -2.19. The largest absolute Gasteiger partial charge is 0.377 e. The van der Waals surface area contributed by atoms with Crippen molar-refractivity contribution in [3.05, 3.63) is 105 Å². The number of pyridine rings is 1. The van der Waals surface area contributed by atoms with E-state index < -0.39 is 0 Å². The Hall–Kier alpha value is -3.58. The number of allylic oxidation sites excluding steroid dienone is 2. The SMILES string of the molecule is O=C(Nc1ccccn1)c1ccc(CNC2=C(Br)C(=O)c3ccccc3C2=O)cc1. The highest BCUT2D eigenvalue weighted by Gasteiger charge is 2.30. The molecule has 0 aliphatic heterocycles. The smallest absolute Gasteiger partial charge is 0.256 e. The first kappa shape index (κ1) is 19.7. The summed E-state index contributed by atoms with van der Waals surface area (Å²) in [5.74, 6) is -0.244. The lowest BCUT2D eigenvalue weighted by atomic mass is 9.92. The number of benzene rings is 2. The van der Waals surface area contributed by atoms with Crippen LogP contribution in [0.5, 0.6) is 0 Å². The molecular weight excluding hydrogens is 446 g/mol. The van der Waals surface area contributed by atoms with Gasteiger partial charge in [-0.25, -0.2) is 4.98 Å². The lowest BCUT2D eigenvalue weighted by molar-refractivity contribution is 0.0975. The van der Waals surface area contributed by atoms with Gasteiger partial charge in [0, 0.05) is 29.4 Å². The maximum atomic E-state index is 12.7. The van der Waals surface area contributed by atoms with E-state index in [-0.39, 0.29) is 27.7 Å². The Kier molecular flexibility index (Phi) is 5.54. The van der Waals surface area contributed by atoms with Gasteiger partial charge in [0.1, 0.15) is 11.5 Å². The molecule has 1 amide bonds. The normalized spacial score (nSPS) is 13.1. The van der Waals surface area contributed by atoms with E-state index >= 15 is 0 Å². The average molecular weight is 462 g/mol. The topological polar surface area (TPSA) is 88.2 Å². The summed E-state index contributed by atoms with van der Waals surface area (Å²) < 4.78 is 0.220. The molecule has 7 heteroatoms. The Balaban J connectivity index is 1.44. The minimum absolute atomic E-state index is 0.220. The molecule has 0 atom stereocenters. The van der Waals surface area contributed by atoms with Crippen molar-refractivity contribution in [3.8, 4) is 0 Å². The van der Waals surface area contributed by atoms with Gasteiger partial charge < -0.3 is 10.6 Å². The zero-order chi connectivity index (χ0) is 21.1. The van der Waals surface area contributed by atoms with Crippen molar-refractivity contribution >= 4 is 39.2 Å². The van der Waals surface area contributed by atoms with Crippen LogP contribution in [-0.4, -0.2) is 22.5 Å². The third kappa shape index (κ3) is 3.92. The van der Waals surface area contributed by atoms with Gasteiger partial charge in [-0.05, 0) is 45.8 Å². The highest BCUT2D eigenvalue weighted by Crippen LogP contribution is 2.28. The second-order valence-electron chi connectivity index (χ2n) is 6.61. The van der Waals surface area contributed by atoms with Gasteiger partial charge in [0.15, 0.2) is 0 Å². The summed E-state index contributed by atoms with van der Waals surface area (Å²) in [5.41, 5.74) is 2.35. The second kappa shape index (κ2) is 8.42. The zero-order valence-corrected chi connectivity index (χ0v) is 17.3. The van der Waals surface area contributed by atoms with Gasteiger partial charge in [-0.2, -0.15) is 0 Å². The molecule has 1 aliphatic carbocycles. The van der Waals surface area contributed by atoms with E-state index in [0.29, 0.717) is 29.1 Å². The molecule has 4 rings (SSSR count). The van der Waals surface area contributed by atoms with Crippen LogP contribution in [0.2, 0.25) is 0 Å². The molecule has 3 aromatic rings. The van der Waals surface area contributed by atoms with Crippen molar-refractivity contribution < 1.29 is 14.4 Å². The zero-order valence-electron chi connectivity index (χ0n) is 15.7. The maximum absolute atomic E-state index is 12.7. The number of carbonyl (C=O) groups is 3. The fourth-order valence-electron chi connectivity index (χ4n) is 3.09. The van der Waals surface area contributed by atoms with Crippen LogP contribution >= 0.6 is 15.9 Å². The standard InChI is InChI=1S/C23H16BrN3O3/c24-19-20(22(29)17-6-2-1-5-16(17)21(19)28)26-13-14-8-10-15(11-9-14)23(30)27-18-7-3-4-12-25-18/h1-12,26H,13H2,(H,25,27,30). The molecule has 6 nitrogen and oxygen atoms in total. The van der Waals surface area contributed by atoms with E-state index in [1.807, 2.05) is 0 Å². The molecule has 0 bridgehead atoms. The first-order chi connectivity index (χ1) is 14.5. The summed E-state index contributed by atoms with van der Waals surface area (Å²) in [7, 11) is 0. The number of amides is 1. The minimum Gasteiger partial charge on any atom is -0.377 e. The van der Waals surface area contributed by atoms with Crippen molar-refractivity contribution in [1.82, 2.24) is 10.3 Å². The van der Waals surface area contributed by atoms with Crippen molar-refractivity contribution in [2.45, 2.75) is 6.54 Å². The molecule has 30 heavy (non-hydrogen) atoms. The highest BCUT2D eigenvalue weighted by molar-refractivity contribution is 9.12. The molecule has 1 aliphatic rings. The molecule has 1 heterocycles. The van der Waals surface area contributed by atoms with E-state index in [9.17, 15) is 14.4 Å². The van der Waals surface area contributed by atoms with E-state index in [1.54, 1.807) is 72.9 Å². The molecule has 0 saturated heterocycles. The van der Waals surface area contributed by atoms with Gasteiger partial charge in [-0.3, -0.25) is 14.4 Å². The summed E-state index contributed by atoms with van der Waals surface area (Å²) >= 11 is 3.25. The van der Waals surface area contributed by atoms with Crippen LogP contribution < -0.4 is 10.6 Å². The summed E-state index contributed by atoms with van der Waals surface area (Å²) in [5, 5.41) is 5.77. The van der Waals surface area contributed by atoms with Crippen LogP contribution in [0.1, 0.15) is 36.6 Å². The monoisotopic (exact) mass is 461 g/mol. The number of nitrogens with zero attached hydrogens (tertiary/aromatic N) is 1. The summed E-state index contributed by atoms with van der Waals surface area (Å²) in [6, 6.07) is 19.0. The van der Waals surface area contributed by atoms with Crippen LogP contribution in [0.15, 0.2) is 83.1 Å². The summed E-state index contributed by atoms with van der Waals surface area (Å²) in [4.78, 5) is 41.6. The van der Waals surface area contributed by atoms with E-state index in [1.165, 1.54) is 0 Å². The predicted molar refractivity (Wildman–Crippen MR) is 117 cm³/mol. The number of aromatic nitrogens is 1. The number of hydrogen-bond donors (Lipinski definition) is 2. The number of nitrogens with one attached hydrogen (secondary N) is 2. The quantitative estimate of drug-likeness (QED) is 0.596. The van der Waals surface area contributed by atoms with Crippen LogP contribution in [0.25, 0.3) is 0 Å². The molecule has 2 N–H and O–H groups in total. The molecule has 0 fully saturated rings. The Morgan fingerprint density at radius 2 is 1.53 bits per heavy atom. The summed E-state index contributed by atoms with van der Waals surface area (Å²) in [6.45, 7) is 0.327. The molecule has 1 aromatic heterocycles. The molecular formula is C23H16BrN3O3. The van der Waals surface area contributed by atoms with E-state index in [0.717, 1.165) is 5.56 Å². The first-order valence-corrected chi connectivity index (χ1v) is 9.97. The van der Waals surface area contributed by atoms with E-state index in [4.69, 9.17) is 0 Å². The average Bonchev–Trinajstić information content (AvgIpc) is 2.78.